The van der Waals surface area contributed by atoms with Gasteiger partial charge in [0, 0.05) is 5.88 Å². The van der Waals surface area contributed by atoms with Crippen LogP contribution in [-0.2, 0) is 0 Å². The number of nitrogens with one attached hydrogen (secondary N) is 1. The monoisotopic (exact) mass is 229 g/mol. The largest absolute Gasteiger partial charge is 0.316 e. The summed E-state index contributed by atoms with van der Waals surface area (Å²) in [7, 11) is 0. The maximum Gasteiger partial charge on any atom is 0.0254 e. The van der Waals surface area contributed by atoms with Crippen LogP contribution in [0.15, 0.2) is 0 Å². The first kappa shape index (κ1) is 11.7. The fourth-order valence-corrected chi connectivity index (χ4v) is 3.16. The summed E-state index contributed by atoms with van der Waals surface area (Å²) < 4.78 is 0. The zero-order valence-electron chi connectivity index (χ0n) is 9.68. The Kier molecular flexibility index (Phi) is 4.77. The molecule has 2 fully saturated rings. The van der Waals surface area contributed by atoms with Crippen molar-refractivity contribution in [2.24, 2.45) is 17.8 Å². The second kappa shape index (κ2) is 6.10. The van der Waals surface area contributed by atoms with Crippen molar-refractivity contribution in [3.63, 3.8) is 0 Å². The molecule has 88 valence electrons. The van der Waals surface area contributed by atoms with Gasteiger partial charge < -0.3 is 5.32 Å². The zero-order chi connectivity index (χ0) is 10.5. The van der Waals surface area contributed by atoms with E-state index in [1.807, 2.05) is 0 Å². The van der Waals surface area contributed by atoms with Gasteiger partial charge in [-0.25, -0.2) is 0 Å². The number of rotatable bonds is 6. The summed E-state index contributed by atoms with van der Waals surface area (Å²) in [6.45, 7) is 2.44. The second-order valence-corrected chi connectivity index (χ2v) is 5.70. The highest BCUT2D eigenvalue weighted by molar-refractivity contribution is 6.18. The summed E-state index contributed by atoms with van der Waals surface area (Å²) in [6, 6.07) is 0. The number of hydrogen-bond donors (Lipinski definition) is 1. The molecule has 0 aliphatic heterocycles. The third kappa shape index (κ3) is 3.96. The summed E-state index contributed by atoms with van der Waals surface area (Å²) in [6.07, 6.45) is 9.94. The van der Waals surface area contributed by atoms with Crippen molar-refractivity contribution < 1.29 is 0 Å². The molecule has 0 aromatic carbocycles. The van der Waals surface area contributed by atoms with Gasteiger partial charge in [-0.3, -0.25) is 0 Å². The Morgan fingerprint density at radius 2 is 1.73 bits per heavy atom. The highest BCUT2D eigenvalue weighted by Gasteiger charge is 2.24. The Labute approximate surface area is 99.0 Å². The predicted octanol–water partition coefficient (Wildman–Crippen LogP) is 3.42. The van der Waals surface area contributed by atoms with Crippen LogP contribution in [0.25, 0.3) is 0 Å². The van der Waals surface area contributed by atoms with Gasteiger partial charge in [0.05, 0.1) is 0 Å². The highest BCUT2D eigenvalue weighted by Crippen LogP contribution is 2.32. The Bertz CT molecular complexity index is 179. The molecule has 2 heteroatoms. The molecule has 0 aromatic rings. The van der Waals surface area contributed by atoms with E-state index < -0.39 is 0 Å². The Balaban J connectivity index is 1.58. The zero-order valence-corrected chi connectivity index (χ0v) is 10.4. The van der Waals surface area contributed by atoms with Gasteiger partial charge in [-0.05, 0) is 50.1 Å². The molecule has 0 aromatic heterocycles. The molecular weight excluding hydrogens is 206 g/mol. The number of halogens is 1. The normalized spacial score (nSPS) is 31.8. The fraction of sp³-hybridized carbons (Fsp3) is 1.00. The summed E-state index contributed by atoms with van der Waals surface area (Å²) in [4.78, 5) is 0. The molecule has 0 saturated heterocycles. The lowest BCUT2D eigenvalue weighted by Gasteiger charge is -2.30. The van der Waals surface area contributed by atoms with Crippen LogP contribution in [0.5, 0.6) is 0 Å². The molecule has 0 heterocycles. The minimum atomic E-state index is 0.786. The van der Waals surface area contributed by atoms with Crippen molar-refractivity contribution in [3.05, 3.63) is 0 Å². The van der Waals surface area contributed by atoms with E-state index in [1.54, 1.807) is 0 Å². The molecule has 2 saturated carbocycles. The quantitative estimate of drug-likeness (QED) is 0.544. The summed E-state index contributed by atoms with van der Waals surface area (Å²) in [5, 5.41) is 3.63. The molecule has 2 aliphatic rings. The average molecular weight is 230 g/mol. The number of hydrogen-bond acceptors (Lipinski definition) is 1. The SMILES string of the molecule is ClCC1CCCCC1CNCCC1CC1. The maximum absolute atomic E-state index is 6.02. The molecule has 0 amide bonds. The van der Waals surface area contributed by atoms with Crippen molar-refractivity contribution >= 4 is 11.6 Å². The van der Waals surface area contributed by atoms with E-state index >= 15 is 0 Å². The Morgan fingerprint density at radius 3 is 2.40 bits per heavy atom. The van der Waals surface area contributed by atoms with Crippen LogP contribution in [0.2, 0.25) is 0 Å². The lowest BCUT2D eigenvalue weighted by atomic mass is 9.80. The smallest absolute Gasteiger partial charge is 0.0254 e. The summed E-state index contributed by atoms with van der Waals surface area (Å²) in [5.74, 6) is 3.58. The van der Waals surface area contributed by atoms with Gasteiger partial charge in [-0.2, -0.15) is 0 Å². The Hall–Kier alpha value is 0.250. The van der Waals surface area contributed by atoms with Crippen LogP contribution in [0, 0.1) is 17.8 Å². The molecule has 2 unspecified atom stereocenters. The first-order chi connectivity index (χ1) is 7.40. The van der Waals surface area contributed by atoms with Gasteiger partial charge >= 0.3 is 0 Å². The van der Waals surface area contributed by atoms with E-state index in [4.69, 9.17) is 11.6 Å². The third-order valence-corrected chi connectivity index (χ3v) is 4.49. The molecule has 15 heavy (non-hydrogen) atoms. The number of alkyl halides is 1. The molecule has 0 radical (unpaired) electrons. The van der Waals surface area contributed by atoms with E-state index in [1.165, 1.54) is 58.0 Å². The van der Waals surface area contributed by atoms with Crippen molar-refractivity contribution in [2.75, 3.05) is 19.0 Å². The van der Waals surface area contributed by atoms with Gasteiger partial charge in [-0.1, -0.05) is 25.7 Å². The first-order valence-corrected chi connectivity index (χ1v) is 7.20. The van der Waals surface area contributed by atoms with Gasteiger partial charge in [0.25, 0.3) is 0 Å². The van der Waals surface area contributed by atoms with E-state index in [2.05, 4.69) is 5.32 Å². The van der Waals surface area contributed by atoms with E-state index in [-0.39, 0.29) is 0 Å². The maximum atomic E-state index is 6.02. The topological polar surface area (TPSA) is 12.0 Å². The van der Waals surface area contributed by atoms with Gasteiger partial charge in [-0.15, -0.1) is 11.6 Å². The van der Waals surface area contributed by atoms with Crippen LogP contribution >= 0.6 is 11.6 Å². The lowest BCUT2D eigenvalue weighted by molar-refractivity contribution is 0.251. The van der Waals surface area contributed by atoms with Crippen molar-refractivity contribution in [2.45, 2.75) is 44.9 Å². The van der Waals surface area contributed by atoms with Crippen molar-refractivity contribution in [1.29, 1.82) is 0 Å². The predicted molar refractivity (Wildman–Crippen MR) is 66.4 cm³/mol. The minimum absolute atomic E-state index is 0.786. The van der Waals surface area contributed by atoms with Gasteiger partial charge in [0.1, 0.15) is 0 Å². The molecule has 2 rings (SSSR count). The standard InChI is InChI=1S/C13H24ClN/c14-9-12-3-1-2-4-13(12)10-15-8-7-11-5-6-11/h11-13,15H,1-10H2. The molecular formula is C13H24ClN. The molecule has 0 spiro atoms. The highest BCUT2D eigenvalue weighted by atomic mass is 35.5. The fourth-order valence-electron chi connectivity index (χ4n) is 2.76. The van der Waals surface area contributed by atoms with E-state index in [9.17, 15) is 0 Å². The molecule has 2 aliphatic carbocycles. The average Bonchev–Trinajstić information content (AvgIpc) is 3.09. The van der Waals surface area contributed by atoms with Gasteiger partial charge in [0.15, 0.2) is 0 Å². The summed E-state index contributed by atoms with van der Waals surface area (Å²) >= 11 is 6.02. The van der Waals surface area contributed by atoms with Gasteiger partial charge in [0.2, 0.25) is 0 Å². The first-order valence-electron chi connectivity index (χ1n) is 6.67. The molecule has 2 atom stereocenters. The van der Waals surface area contributed by atoms with Crippen LogP contribution in [0.1, 0.15) is 44.9 Å². The molecule has 1 N–H and O–H groups in total. The Morgan fingerprint density at radius 1 is 1.00 bits per heavy atom. The lowest BCUT2D eigenvalue weighted by Crippen LogP contribution is -2.32. The van der Waals surface area contributed by atoms with Crippen LogP contribution in [0.4, 0.5) is 0 Å². The second-order valence-electron chi connectivity index (χ2n) is 5.40. The summed E-state index contributed by atoms with van der Waals surface area (Å²) in [5.41, 5.74) is 0. The van der Waals surface area contributed by atoms with Crippen molar-refractivity contribution in [3.8, 4) is 0 Å². The molecule has 0 bridgehead atoms. The van der Waals surface area contributed by atoms with Crippen LogP contribution < -0.4 is 5.32 Å². The van der Waals surface area contributed by atoms with E-state index in [0.717, 1.165) is 23.6 Å². The molecule has 1 nitrogen and oxygen atoms in total. The minimum Gasteiger partial charge on any atom is -0.316 e. The third-order valence-electron chi connectivity index (χ3n) is 4.10. The van der Waals surface area contributed by atoms with E-state index in [0.29, 0.717) is 0 Å². The van der Waals surface area contributed by atoms with Crippen LogP contribution in [-0.4, -0.2) is 19.0 Å². The van der Waals surface area contributed by atoms with Crippen LogP contribution in [0.3, 0.4) is 0 Å². The van der Waals surface area contributed by atoms with Crippen molar-refractivity contribution in [1.82, 2.24) is 5.32 Å².